The summed E-state index contributed by atoms with van der Waals surface area (Å²) in [5.74, 6) is 0. The first-order chi connectivity index (χ1) is 9.17. The van der Waals surface area contributed by atoms with Crippen molar-refractivity contribution >= 4 is 11.6 Å². The quantitative estimate of drug-likeness (QED) is 0.832. The highest BCUT2D eigenvalue weighted by Crippen LogP contribution is 2.31. The van der Waals surface area contributed by atoms with Crippen molar-refractivity contribution in [3.8, 4) is 0 Å². The Kier molecular flexibility index (Phi) is 3.81. The highest BCUT2D eigenvalue weighted by Gasteiger charge is 2.42. The lowest BCUT2D eigenvalue weighted by Crippen LogP contribution is -2.55. The zero-order valence-corrected chi connectivity index (χ0v) is 12.0. The molecule has 0 radical (unpaired) electrons. The molecule has 4 heteroatoms. The normalized spacial score (nSPS) is 32.0. The maximum atomic E-state index is 6.25. The molecule has 19 heavy (non-hydrogen) atoms. The molecule has 1 aromatic carbocycles. The summed E-state index contributed by atoms with van der Waals surface area (Å²) in [6, 6.07) is 8.06. The van der Waals surface area contributed by atoms with Crippen LogP contribution in [0.5, 0.6) is 0 Å². The largest absolute Gasteiger partial charge is 0.378 e. The molecule has 0 aromatic heterocycles. The minimum Gasteiger partial charge on any atom is -0.378 e. The summed E-state index contributed by atoms with van der Waals surface area (Å²) >= 11 is 6.25. The molecule has 2 fully saturated rings. The summed E-state index contributed by atoms with van der Waals surface area (Å²) in [7, 11) is 0. The van der Waals surface area contributed by atoms with E-state index in [0.717, 1.165) is 44.3 Å². The van der Waals surface area contributed by atoms with E-state index in [0.29, 0.717) is 0 Å². The monoisotopic (exact) mass is 281 g/mol. The minimum absolute atomic E-state index is 0.0983. The number of benzene rings is 1. The third-order valence-electron chi connectivity index (χ3n) is 3.90. The number of halogens is 1. The van der Waals surface area contributed by atoms with Crippen molar-refractivity contribution < 1.29 is 9.47 Å². The first kappa shape index (κ1) is 13.4. The summed E-state index contributed by atoms with van der Waals surface area (Å²) < 4.78 is 11.7. The predicted octanol–water partition coefficient (Wildman–Crippen LogP) is 2.72. The second-order valence-electron chi connectivity index (χ2n) is 5.68. The van der Waals surface area contributed by atoms with E-state index >= 15 is 0 Å². The highest BCUT2D eigenvalue weighted by molar-refractivity contribution is 6.31. The van der Waals surface area contributed by atoms with Crippen LogP contribution in [0.2, 0.25) is 5.02 Å². The highest BCUT2D eigenvalue weighted by atomic mass is 35.5. The molecular formula is C15H20ClNO2. The van der Waals surface area contributed by atoms with Gasteiger partial charge in [-0.05, 0) is 18.6 Å². The van der Waals surface area contributed by atoms with Gasteiger partial charge >= 0.3 is 0 Å². The van der Waals surface area contributed by atoms with Gasteiger partial charge < -0.3 is 9.47 Å². The van der Waals surface area contributed by atoms with E-state index in [1.165, 1.54) is 5.56 Å². The van der Waals surface area contributed by atoms with Gasteiger partial charge in [-0.3, -0.25) is 4.90 Å². The minimum atomic E-state index is -0.0983. The van der Waals surface area contributed by atoms with Gasteiger partial charge in [0, 0.05) is 37.7 Å². The van der Waals surface area contributed by atoms with E-state index in [-0.39, 0.29) is 11.7 Å². The lowest BCUT2D eigenvalue weighted by Gasteiger charge is -2.43. The van der Waals surface area contributed by atoms with Crippen LogP contribution in [-0.4, -0.2) is 42.9 Å². The Balaban J connectivity index is 1.72. The van der Waals surface area contributed by atoms with Gasteiger partial charge in [-0.1, -0.05) is 29.8 Å². The summed E-state index contributed by atoms with van der Waals surface area (Å²) in [6.07, 6.45) is 1.24. The molecule has 2 atom stereocenters. The molecule has 0 amide bonds. The van der Waals surface area contributed by atoms with Crippen molar-refractivity contribution in [3.05, 3.63) is 34.9 Å². The van der Waals surface area contributed by atoms with Crippen LogP contribution in [0.4, 0.5) is 0 Å². The average Bonchev–Trinajstić information content (AvgIpc) is 2.79. The molecule has 2 saturated heterocycles. The van der Waals surface area contributed by atoms with Crippen molar-refractivity contribution in [2.75, 3.05) is 26.3 Å². The fraction of sp³-hybridized carbons (Fsp3) is 0.600. The lowest BCUT2D eigenvalue weighted by molar-refractivity contribution is -0.149. The molecular weight excluding hydrogens is 262 g/mol. The summed E-state index contributed by atoms with van der Waals surface area (Å²) in [6.45, 7) is 6.44. The summed E-state index contributed by atoms with van der Waals surface area (Å²) in [5.41, 5.74) is 1.09. The molecule has 0 unspecified atom stereocenters. The number of hydrogen-bond acceptors (Lipinski definition) is 3. The second kappa shape index (κ2) is 5.41. The number of rotatable bonds is 2. The van der Waals surface area contributed by atoms with Gasteiger partial charge in [0.2, 0.25) is 0 Å². The van der Waals surface area contributed by atoms with Crippen LogP contribution in [0.1, 0.15) is 18.9 Å². The number of nitrogens with zero attached hydrogens (tertiary/aromatic N) is 1. The second-order valence-corrected chi connectivity index (χ2v) is 6.08. The van der Waals surface area contributed by atoms with Crippen LogP contribution < -0.4 is 0 Å². The van der Waals surface area contributed by atoms with Gasteiger partial charge in [0.25, 0.3) is 0 Å². The molecule has 2 aliphatic heterocycles. The van der Waals surface area contributed by atoms with Gasteiger partial charge in [0.1, 0.15) is 5.60 Å². The van der Waals surface area contributed by atoms with Crippen LogP contribution in [0.3, 0.4) is 0 Å². The Morgan fingerprint density at radius 1 is 1.42 bits per heavy atom. The molecule has 2 aliphatic rings. The van der Waals surface area contributed by atoms with Crippen LogP contribution >= 0.6 is 11.6 Å². The molecule has 0 N–H and O–H groups in total. The van der Waals surface area contributed by atoms with E-state index in [1.54, 1.807) is 0 Å². The van der Waals surface area contributed by atoms with Gasteiger partial charge in [-0.15, -0.1) is 0 Å². The Morgan fingerprint density at radius 3 is 3.00 bits per heavy atom. The third-order valence-corrected chi connectivity index (χ3v) is 4.27. The lowest BCUT2D eigenvalue weighted by atomic mass is 9.99. The van der Waals surface area contributed by atoms with Crippen molar-refractivity contribution in [1.82, 2.24) is 4.90 Å². The molecule has 3 rings (SSSR count). The Bertz CT molecular complexity index is 446. The topological polar surface area (TPSA) is 21.7 Å². The Morgan fingerprint density at radius 2 is 2.26 bits per heavy atom. The zero-order valence-electron chi connectivity index (χ0n) is 11.3. The molecule has 1 aromatic rings. The van der Waals surface area contributed by atoms with Gasteiger partial charge in [0.05, 0.1) is 12.7 Å². The van der Waals surface area contributed by atoms with Crippen molar-refractivity contribution in [3.63, 3.8) is 0 Å². The van der Waals surface area contributed by atoms with E-state index in [2.05, 4.69) is 17.9 Å². The molecule has 2 heterocycles. The molecule has 1 spiro atoms. The fourth-order valence-electron chi connectivity index (χ4n) is 3.13. The summed E-state index contributed by atoms with van der Waals surface area (Å²) in [5, 5.41) is 0.846. The fourth-order valence-corrected chi connectivity index (χ4v) is 3.33. The molecule has 3 nitrogen and oxygen atoms in total. The SMILES string of the molecule is C[C@@H]1CN(Cc2ccccc2Cl)C[C@]2(CCOC2)O1. The molecule has 0 aliphatic carbocycles. The van der Waals surface area contributed by atoms with Crippen molar-refractivity contribution in [2.45, 2.75) is 31.6 Å². The Hall–Kier alpha value is -0.610. The maximum absolute atomic E-state index is 6.25. The third kappa shape index (κ3) is 2.95. The van der Waals surface area contributed by atoms with Crippen LogP contribution in [-0.2, 0) is 16.0 Å². The zero-order chi connectivity index (χ0) is 13.3. The van der Waals surface area contributed by atoms with Crippen molar-refractivity contribution in [1.29, 1.82) is 0 Å². The number of morpholine rings is 1. The average molecular weight is 282 g/mol. The van der Waals surface area contributed by atoms with Gasteiger partial charge in [0.15, 0.2) is 0 Å². The van der Waals surface area contributed by atoms with E-state index in [9.17, 15) is 0 Å². The first-order valence-corrected chi connectivity index (χ1v) is 7.26. The number of ether oxygens (including phenoxy) is 2. The van der Waals surface area contributed by atoms with E-state index < -0.39 is 0 Å². The predicted molar refractivity (Wildman–Crippen MR) is 75.4 cm³/mol. The number of hydrogen-bond donors (Lipinski definition) is 0. The van der Waals surface area contributed by atoms with Crippen LogP contribution in [0.25, 0.3) is 0 Å². The van der Waals surface area contributed by atoms with Crippen LogP contribution in [0, 0.1) is 0 Å². The Labute approximate surface area is 119 Å². The standard InChI is InChI=1S/C15H20ClNO2/c1-12-8-17(9-13-4-2-3-5-14(13)16)10-15(19-12)6-7-18-11-15/h2-5,12H,6-11H2,1H3/t12-,15+/m1/s1. The van der Waals surface area contributed by atoms with E-state index in [1.807, 2.05) is 18.2 Å². The maximum Gasteiger partial charge on any atom is 0.107 e. The van der Waals surface area contributed by atoms with Gasteiger partial charge in [-0.25, -0.2) is 0 Å². The first-order valence-electron chi connectivity index (χ1n) is 6.88. The molecule has 104 valence electrons. The molecule has 0 saturated carbocycles. The van der Waals surface area contributed by atoms with Gasteiger partial charge in [-0.2, -0.15) is 0 Å². The van der Waals surface area contributed by atoms with Crippen molar-refractivity contribution in [2.24, 2.45) is 0 Å². The van der Waals surface area contributed by atoms with E-state index in [4.69, 9.17) is 21.1 Å². The van der Waals surface area contributed by atoms with Crippen LogP contribution in [0.15, 0.2) is 24.3 Å². The summed E-state index contributed by atoms with van der Waals surface area (Å²) in [4.78, 5) is 2.43. The molecule has 0 bridgehead atoms. The smallest absolute Gasteiger partial charge is 0.107 e.